The Balaban J connectivity index is 1.97. The Hall–Kier alpha value is -4.78. The van der Waals surface area contributed by atoms with Crippen LogP contribution in [0.1, 0.15) is 18.1 Å². The number of fused-ring (bicyclic) bond motifs is 1. The fraction of sp³-hybridized carbons (Fsp3) is 0.130. The van der Waals surface area contributed by atoms with E-state index in [4.69, 9.17) is 0 Å². The van der Waals surface area contributed by atoms with Gasteiger partial charge in [-0.25, -0.2) is 0 Å². The summed E-state index contributed by atoms with van der Waals surface area (Å²) >= 11 is 0. The van der Waals surface area contributed by atoms with Crippen molar-refractivity contribution >= 4 is 22.1 Å². The first-order chi connectivity index (χ1) is 15.7. The molecule has 33 heavy (non-hydrogen) atoms. The monoisotopic (exact) mass is 444 g/mol. The average Bonchev–Trinajstić information content (AvgIpc) is 2.79. The standard InChI is InChI=1S/C23H16N4O6/c1-3-27-22(32)12(9-24)10(2)19(23(27)33)26-25-13-6-4-5-11-16(13)21(31)18-15(29)8-7-14(28)17(18)20(11)30/h4-8,25-26,32H,3H2,1-2H3. The Kier molecular flexibility index (Phi) is 5.02. The van der Waals surface area contributed by atoms with Crippen molar-refractivity contribution in [3.8, 4) is 11.9 Å². The van der Waals surface area contributed by atoms with Crippen LogP contribution in [0.25, 0.3) is 10.8 Å². The van der Waals surface area contributed by atoms with E-state index >= 15 is 0 Å². The summed E-state index contributed by atoms with van der Waals surface area (Å²) in [5.41, 5.74) is 1.86. The van der Waals surface area contributed by atoms with Gasteiger partial charge in [-0.15, -0.1) is 0 Å². The van der Waals surface area contributed by atoms with Gasteiger partial charge >= 0.3 is 0 Å². The van der Waals surface area contributed by atoms with E-state index in [-0.39, 0.29) is 39.8 Å². The van der Waals surface area contributed by atoms with Crippen LogP contribution in [0.4, 0.5) is 11.4 Å². The van der Waals surface area contributed by atoms with Crippen LogP contribution in [-0.4, -0.2) is 9.67 Å². The van der Waals surface area contributed by atoms with Gasteiger partial charge in [0.1, 0.15) is 17.3 Å². The molecule has 10 nitrogen and oxygen atoms in total. The molecule has 0 unspecified atom stereocenters. The number of hydrazine groups is 1. The van der Waals surface area contributed by atoms with Gasteiger partial charge in [-0.2, -0.15) is 5.26 Å². The van der Waals surface area contributed by atoms with Gasteiger partial charge in [-0.05, 0) is 32.0 Å². The molecular formula is C23H16N4O6. The summed E-state index contributed by atoms with van der Waals surface area (Å²) < 4.78 is 1.00. The lowest BCUT2D eigenvalue weighted by Gasteiger charge is -2.17. The minimum absolute atomic E-state index is 0.0508. The minimum Gasteiger partial charge on any atom is -0.493 e. The molecule has 2 aromatic rings. The summed E-state index contributed by atoms with van der Waals surface area (Å²) in [6.07, 6.45) is 0. The van der Waals surface area contributed by atoms with E-state index in [1.165, 1.54) is 25.1 Å². The van der Waals surface area contributed by atoms with Crippen LogP contribution in [0.2, 0.25) is 0 Å². The molecule has 1 aromatic carbocycles. The molecule has 164 valence electrons. The maximum atomic E-state index is 13.1. The Morgan fingerprint density at radius 2 is 1.61 bits per heavy atom. The number of nitrogens with one attached hydrogen (secondary N) is 2. The number of hydrogen-bond donors (Lipinski definition) is 3. The molecule has 0 bridgehead atoms. The molecular weight excluding hydrogens is 428 g/mol. The molecule has 0 saturated carbocycles. The number of nitrogens with zero attached hydrogens (tertiary/aromatic N) is 2. The van der Waals surface area contributed by atoms with Crippen molar-refractivity contribution in [3.05, 3.63) is 103 Å². The fourth-order valence-electron chi connectivity index (χ4n) is 3.89. The zero-order chi connectivity index (χ0) is 24.0. The van der Waals surface area contributed by atoms with Crippen molar-refractivity contribution in [2.45, 2.75) is 20.4 Å². The van der Waals surface area contributed by atoms with E-state index in [0.29, 0.717) is 0 Å². The zero-order valence-corrected chi connectivity index (χ0v) is 17.5. The van der Waals surface area contributed by atoms with Crippen molar-refractivity contribution in [1.82, 2.24) is 4.57 Å². The molecule has 2 aliphatic rings. The van der Waals surface area contributed by atoms with Crippen molar-refractivity contribution in [3.63, 3.8) is 0 Å². The normalized spacial score (nSPS) is 10.9. The van der Waals surface area contributed by atoms with Gasteiger partial charge in [0.2, 0.25) is 11.3 Å². The highest BCUT2D eigenvalue weighted by Gasteiger charge is 2.19. The highest BCUT2D eigenvalue weighted by molar-refractivity contribution is 5.94. The zero-order valence-electron chi connectivity index (χ0n) is 17.5. The topological polar surface area (TPSA) is 158 Å². The number of rotatable bonds is 4. The largest absolute Gasteiger partial charge is 0.493 e. The van der Waals surface area contributed by atoms with Gasteiger partial charge in [0.15, 0.2) is 16.3 Å². The summed E-state index contributed by atoms with van der Waals surface area (Å²) in [6, 6.07) is 8.04. The van der Waals surface area contributed by atoms with Gasteiger partial charge in [0, 0.05) is 17.5 Å². The van der Waals surface area contributed by atoms with E-state index in [1.54, 1.807) is 6.92 Å². The third-order valence-electron chi connectivity index (χ3n) is 5.56. The molecule has 10 heteroatoms. The SMILES string of the molecule is CCn1c(O)c(C#N)c(C)c(NNc2cccc3c(=O)c4c(=O)ccc(=O)c=4c(=O)c23)c1=O. The molecule has 1 heterocycles. The third kappa shape index (κ3) is 3.06. The molecule has 0 atom stereocenters. The lowest BCUT2D eigenvalue weighted by Crippen LogP contribution is -2.29. The number of hydrogen-bond acceptors (Lipinski definition) is 9. The Bertz CT molecular complexity index is 1840. The predicted octanol–water partition coefficient (Wildman–Crippen LogP) is 0.387. The van der Waals surface area contributed by atoms with Gasteiger partial charge < -0.3 is 5.11 Å². The van der Waals surface area contributed by atoms with Crippen LogP contribution in [0.5, 0.6) is 5.88 Å². The van der Waals surface area contributed by atoms with Crippen molar-refractivity contribution in [2.75, 3.05) is 10.9 Å². The molecule has 3 N–H and O–H groups in total. The average molecular weight is 444 g/mol. The maximum Gasteiger partial charge on any atom is 0.278 e. The molecule has 0 spiro atoms. The van der Waals surface area contributed by atoms with Crippen LogP contribution in [0, 0.1) is 28.7 Å². The van der Waals surface area contributed by atoms with Gasteiger partial charge in [0.25, 0.3) is 5.56 Å². The van der Waals surface area contributed by atoms with Crippen LogP contribution in [0.15, 0.2) is 54.3 Å². The molecule has 0 aliphatic heterocycles. The van der Waals surface area contributed by atoms with Crippen molar-refractivity contribution in [1.29, 1.82) is 5.26 Å². The molecule has 4 rings (SSSR count). The van der Waals surface area contributed by atoms with E-state index in [2.05, 4.69) is 10.9 Å². The number of benzene rings is 1. The summed E-state index contributed by atoms with van der Waals surface area (Å²) in [6.45, 7) is 3.19. The number of nitriles is 1. The number of anilines is 2. The van der Waals surface area contributed by atoms with Crippen LogP contribution in [0.3, 0.4) is 0 Å². The van der Waals surface area contributed by atoms with Crippen LogP contribution < -0.4 is 38.1 Å². The lowest BCUT2D eigenvalue weighted by molar-refractivity contribution is 0.409. The van der Waals surface area contributed by atoms with Crippen LogP contribution >= 0.6 is 0 Å². The Morgan fingerprint density at radius 3 is 2.21 bits per heavy atom. The highest BCUT2D eigenvalue weighted by Crippen LogP contribution is 2.24. The second kappa shape index (κ2) is 7.72. The molecule has 0 radical (unpaired) electrons. The molecule has 1 aromatic heterocycles. The van der Waals surface area contributed by atoms with Gasteiger partial charge in [0.05, 0.1) is 21.5 Å². The second-order valence-electron chi connectivity index (χ2n) is 7.31. The maximum absolute atomic E-state index is 13.1. The second-order valence-corrected chi connectivity index (χ2v) is 7.31. The molecule has 2 aliphatic carbocycles. The fourth-order valence-corrected chi connectivity index (χ4v) is 3.89. The summed E-state index contributed by atoms with van der Waals surface area (Å²) in [4.78, 5) is 63.3. The van der Waals surface area contributed by atoms with E-state index in [9.17, 15) is 34.3 Å². The van der Waals surface area contributed by atoms with Crippen molar-refractivity contribution < 1.29 is 5.11 Å². The summed E-state index contributed by atoms with van der Waals surface area (Å²) in [7, 11) is 0. The van der Waals surface area contributed by atoms with E-state index in [1.807, 2.05) is 6.07 Å². The third-order valence-corrected chi connectivity index (χ3v) is 5.56. The molecule has 0 saturated heterocycles. The van der Waals surface area contributed by atoms with Crippen LogP contribution in [-0.2, 0) is 6.54 Å². The molecule has 0 fully saturated rings. The molecule has 0 amide bonds. The highest BCUT2D eigenvalue weighted by atomic mass is 16.3. The number of aromatic hydroxyl groups is 1. The quantitative estimate of drug-likeness (QED) is 0.379. The minimum atomic E-state index is -0.793. The lowest BCUT2D eigenvalue weighted by atomic mass is 10.0. The van der Waals surface area contributed by atoms with Gasteiger partial charge in [-0.1, -0.05) is 12.1 Å². The Morgan fingerprint density at radius 1 is 0.970 bits per heavy atom. The summed E-state index contributed by atoms with van der Waals surface area (Å²) in [5.74, 6) is -0.459. The first-order valence-corrected chi connectivity index (χ1v) is 9.84. The van der Waals surface area contributed by atoms with Crippen molar-refractivity contribution in [2.24, 2.45) is 0 Å². The number of pyridine rings is 1. The van der Waals surface area contributed by atoms with Gasteiger partial charge in [-0.3, -0.25) is 39.4 Å². The number of aromatic nitrogens is 1. The smallest absolute Gasteiger partial charge is 0.278 e. The Labute approximate surface area is 183 Å². The van der Waals surface area contributed by atoms with E-state index in [0.717, 1.165) is 16.7 Å². The first kappa shape index (κ1) is 21.5. The van der Waals surface area contributed by atoms with E-state index < -0.39 is 43.6 Å². The first-order valence-electron chi connectivity index (χ1n) is 9.84. The predicted molar refractivity (Wildman–Crippen MR) is 121 cm³/mol. The summed E-state index contributed by atoms with van der Waals surface area (Å²) in [5, 5.41) is 18.4.